The van der Waals surface area contributed by atoms with Crippen molar-refractivity contribution in [3.63, 3.8) is 0 Å². The average molecular weight is 1040 g/mol. The maximum atomic E-state index is 12.6. The Labute approximate surface area is 467 Å². The van der Waals surface area contributed by atoms with Crippen LogP contribution in [0.2, 0.25) is 0 Å². The molecular weight excluding hydrogens is 903 g/mol. The summed E-state index contributed by atoms with van der Waals surface area (Å²) in [5.74, 6) is -0.0191. The zero-order valence-corrected chi connectivity index (χ0v) is 51.4. The smallest absolute Gasteiger partial charge is 0.220 e. The van der Waals surface area contributed by atoms with Crippen molar-refractivity contribution in [3.8, 4) is 0 Å². The molecule has 3 N–H and O–H groups in total. The number of carbonyl (C=O) groups is 1. The van der Waals surface area contributed by atoms with Gasteiger partial charge in [-0.15, -0.1) is 0 Å². The lowest BCUT2D eigenvalue weighted by molar-refractivity contribution is -0.123. The van der Waals surface area contributed by atoms with E-state index in [0.29, 0.717) is 12.8 Å². The molecule has 0 aliphatic heterocycles. The van der Waals surface area contributed by atoms with Gasteiger partial charge < -0.3 is 15.5 Å². The molecule has 0 aromatic heterocycles. The van der Waals surface area contributed by atoms with E-state index >= 15 is 0 Å². The van der Waals surface area contributed by atoms with E-state index in [1.54, 1.807) is 0 Å². The van der Waals surface area contributed by atoms with E-state index in [2.05, 4.69) is 19.2 Å². The predicted molar refractivity (Wildman–Crippen MR) is 332 cm³/mol. The topological polar surface area (TPSA) is 69.6 Å². The van der Waals surface area contributed by atoms with Crippen LogP contribution in [0.1, 0.15) is 425 Å². The highest BCUT2D eigenvalue weighted by Gasteiger charge is 2.20. The van der Waals surface area contributed by atoms with Crippen LogP contribution in [-0.2, 0) is 4.79 Å². The first-order valence-corrected chi connectivity index (χ1v) is 35.2. The van der Waals surface area contributed by atoms with Gasteiger partial charge in [-0.25, -0.2) is 0 Å². The molecule has 74 heavy (non-hydrogen) atoms. The van der Waals surface area contributed by atoms with E-state index in [-0.39, 0.29) is 12.5 Å². The van der Waals surface area contributed by atoms with E-state index in [1.165, 1.54) is 372 Å². The molecule has 4 heteroatoms. The van der Waals surface area contributed by atoms with Gasteiger partial charge in [-0.2, -0.15) is 0 Å². The third kappa shape index (κ3) is 62.2. The van der Waals surface area contributed by atoms with Crippen LogP contribution in [0.5, 0.6) is 0 Å². The lowest BCUT2D eigenvalue weighted by Crippen LogP contribution is -2.45. The zero-order chi connectivity index (χ0) is 53.4. The third-order valence-electron chi connectivity index (χ3n) is 17.1. The first-order chi connectivity index (χ1) is 36.7. The number of unbranched alkanes of at least 4 members (excludes halogenated alkanes) is 60. The summed E-state index contributed by atoms with van der Waals surface area (Å²) in [6.45, 7) is 4.42. The summed E-state index contributed by atoms with van der Waals surface area (Å²) in [5, 5.41) is 23.5. The Morgan fingerprint density at radius 1 is 0.270 bits per heavy atom. The first-order valence-electron chi connectivity index (χ1n) is 35.2. The minimum Gasteiger partial charge on any atom is -0.394 e. The van der Waals surface area contributed by atoms with Crippen LogP contribution in [0.15, 0.2) is 0 Å². The number of aliphatic hydroxyl groups is 2. The summed E-state index contributed by atoms with van der Waals surface area (Å²) in [6, 6.07) is -0.533. The van der Waals surface area contributed by atoms with E-state index in [0.717, 1.165) is 25.7 Å². The Bertz CT molecular complexity index is 1000. The van der Waals surface area contributed by atoms with Crippen molar-refractivity contribution in [2.75, 3.05) is 6.61 Å². The molecule has 1 amide bonds. The van der Waals surface area contributed by atoms with E-state index in [9.17, 15) is 15.0 Å². The highest BCUT2D eigenvalue weighted by molar-refractivity contribution is 5.76. The fraction of sp³-hybridized carbons (Fsp3) is 0.986. The number of rotatable bonds is 67. The number of amides is 1. The van der Waals surface area contributed by atoms with Gasteiger partial charge in [0.05, 0.1) is 18.8 Å². The molecule has 2 unspecified atom stereocenters. The van der Waals surface area contributed by atoms with Crippen molar-refractivity contribution in [3.05, 3.63) is 0 Å². The number of hydrogen-bond donors (Lipinski definition) is 3. The van der Waals surface area contributed by atoms with Gasteiger partial charge in [-0.3, -0.25) is 4.79 Å². The maximum absolute atomic E-state index is 12.6. The SMILES string of the molecule is CCCCCCCCCCCCCCCCCCCCCCCCCCCCCCCCCCC(=O)NC(CO)C(O)CCCCCCCCCCCCCCCCCCCCCCCCCCCCCCCC. The first kappa shape index (κ1) is 73.4. The Balaban J connectivity index is 3.35. The quantitative estimate of drug-likeness (QED) is 0.0532. The van der Waals surface area contributed by atoms with Crippen molar-refractivity contribution >= 4 is 5.91 Å². The molecule has 0 radical (unpaired) electrons. The van der Waals surface area contributed by atoms with E-state index < -0.39 is 12.1 Å². The Kier molecular flexibility index (Phi) is 66.1. The summed E-state index contributed by atoms with van der Waals surface area (Å²) < 4.78 is 0. The number of nitrogens with one attached hydrogen (secondary N) is 1. The summed E-state index contributed by atoms with van der Waals surface area (Å²) in [6.07, 6.45) is 87.4. The molecule has 0 saturated heterocycles. The van der Waals surface area contributed by atoms with Gasteiger partial charge in [0.2, 0.25) is 5.91 Å². The molecule has 0 aliphatic rings. The fourth-order valence-electron chi connectivity index (χ4n) is 11.8. The monoisotopic (exact) mass is 1040 g/mol. The molecule has 444 valence electrons. The van der Waals surface area contributed by atoms with Crippen LogP contribution in [0.25, 0.3) is 0 Å². The molecular formula is C70H141NO3. The number of carbonyl (C=O) groups excluding carboxylic acids is 1. The van der Waals surface area contributed by atoms with Crippen LogP contribution >= 0.6 is 0 Å². The minimum absolute atomic E-state index is 0.0191. The fourth-order valence-corrected chi connectivity index (χ4v) is 11.8. The van der Waals surface area contributed by atoms with Crippen molar-refractivity contribution in [1.82, 2.24) is 5.32 Å². The van der Waals surface area contributed by atoms with Gasteiger partial charge in [-0.05, 0) is 12.8 Å². The van der Waals surface area contributed by atoms with Crippen LogP contribution in [0.4, 0.5) is 0 Å². The molecule has 0 bridgehead atoms. The van der Waals surface area contributed by atoms with E-state index in [4.69, 9.17) is 0 Å². The minimum atomic E-state index is -0.657. The second-order valence-corrected chi connectivity index (χ2v) is 24.7. The lowest BCUT2D eigenvalue weighted by Gasteiger charge is -2.22. The zero-order valence-electron chi connectivity index (χ0n) is 51.4. The number of aliphatic hydroxyl groups excluding tert-OH is 2. The Hall–Kier alpha value is -0.610. The van der Waals surface area contributed by atoms with Crippen molar-refractivity contribution < 1.29 is 15.0 Å². The van der Waals surface area contributed by atoms with Crippen molar-refractivity contribution in [1.29, 1.82) is 0 Å². The molecule has 0 rings (SSSR count). The summed E-state index contributed by atoms with van der Waals surface area (Å²) in [7, 11) is 0. The van der Waals surface area contributed by atoms with Gasteiger partial charge in [0.25, 0.3) is 0 Å². The molecule has 0 saturated carbocycles. The Morgan fingerprint density at radius 2 is 0.432 bits per heavy atom. The van der Waals surface area contributed by atoms with Gasteiger partial charge in [0.1, 0.15) is 0 Å². The summed E-state index contributed by atoms with van der Waals surface area (Å²) in [5.41, 5.74) is 0. The molecule has 0 spiro atoms. The van der Waals surface area contributed by atoms with Gasteiger partial charge in [0.15, 0.2) is 0 Å². The third-order valence-corrected chi connectivity index (χ3v) is 17.1. The molecule has 0 aliphatic carbocycles. The highest BCUT2D eigenvalue weighted by Crippen LogP contribution is 2.20. The molecule has 2 atom stereocenters. The van der Waals surface area contributed by atoms with Crippen molar-refractivity contribution in [2.45, 2.75) is 437 Å². The predicted octanol–water partition coefficient (Wildman–Crippen LogP) is 23.8. The molecule has 0 fully saturated rings. The second kappa shape index (κ2) is 66.7. The van der Waals surface area contributed by atoms with Crippen LogP contribution in [0, 0.1) is 0 Å². The number of hydrogen-bond acceptors (Lipinski definition) is 3. The van der Waals surface area contributed by atoms with E-state index in [1.807, 2.05) is 0 Å². The summed E-state index contributed by atoms with van der Waals surface area (Å²) >= 11 is 0. The molecule has 4 nitrogen and oxygen atoms in total. The van der Waals surface area contributed by atoms with Crippen LogP contribution < -0.4 is 5.32 Å². The average Bonchev–Trinajstić information content (AvgIpc) is 3.40. The Morgan fingerprint density at radius 3 is 0.608 bits per heavy atom. The van der Waals surface area contributed by atoms with Crippen LogP contribution in [0.3, 0.4) is 0 Å². The van der Waals surface area contributed by atoms with Gasteiger partial charge >= 0.3 is 0 Å². The maximum Gasteiger partial charge on any atom is 0.220 e. The highest BCUT2D eigenvalue weighted by atomic mass is 16.3. The van der Waals surface area contributed by atoms with Gasteiger partial charge in [0, 0.05) is 6.42 Å². The molecule has 0 aromatic rings. The standard InChI is InChI=1S/C70H141NO3/c1-3-5-7-9-11-13-15-17-19-21-23-25-27-29-31-33-35-36-38-40-42-44-46-48-50-52-54-56-58-60-62-64-66-70(74)71-68(67-72)69(73)65-63-61-59-57-55-53-51-49-47-45-43-41-39-37-34-32-30-28-26-24-22-20-18-16-14-12-10-8-6-4-2/h68-69,72-73H,3-67H2,1-2H3,(H,71,74). The van der Waals surface area contributed by atoms with Crippen LogP contribution in [-0.4, -0.2) is 34.9 Å². The molecule has 0 aromatic carbocycles. The largest absolute Gasteiger partial charge is 0.394 e. The molecule has 0 heterocycles. The normalized spacial score (nSPS) is 12.5. The van der Waals surface area contributed by atoms with Gasteiger partial charge in [-0.1, -0.05) is 406 Å². The second-order valence-electron chi connectivity index (χ2n) is 24.7. The lowest BCUT2D eigenvalue weighted by atomic mass is 10.0. The summed E-state index contributed by atoms with van der Waals surface area (Å²) in [4.78, 5) is 12.6. The van der Waals surface area contributed by atoms with Crippen molar-refractivity contribution in [2.24, 2.45) is 0 Å².